The number of hydrogen-bond acceptors (Lipinski definition) is 2. The predicted octanol–water partition coefficient (Wildman–Crippen LogP) is 7.33. The summed E-state index contributed by atoms with van der Waals surface area (Å²) in [6.07, 6.45) is 4.02. The molecule has 4 heteroatoms. The topological polar surface area (TPSA) is 0 Å². The summed E-state index contributed by atoms with van der Waals surface area (Å²) in [5.74, 6) is 0. The molecule has 0 bridgehead atoms. The Hall–Kier alpha value is -2.86. The van der Waals surface area contributed by atoms with Crippen molar-refractivity contribution in [2.45, 2.75) is 0 Å². The third-order valence-corrected chi connectivity index (χ3v) is 16.2. The lowest BCUT2D eigenvalue weighted by Crippen LogP contribution is -2.20. The maximum atomic E-state index is 6.66. The number of benzene rings is 5. The summed E-state index contributed by atoms with van der Waals surface area (Å²) in [6, 6.07) is 49.2. The third-order valence-electron chi connectivity index (χ3n) is 6.83. The first-order chi connectivity index (χ1) is 18.6. The minimum atomic E-state index is -2.13. The normalized spacial score (nSPS) is 12.3. The van der Waals surface area contributed by atoms with Gasteiger partial charge in [-0.25, -0.2) is 0 Å². The van der Waals surface area contributed by atoms with Crippen LogP contribution in [-0.2, 0) is 23.6 Å². The molecule has 0 spiro atoms. The van der Waals surface area contributed by atoms with Crippen molar-refractivity contribution in [3.8, 4) is 0 Å². The molecule has 38 heavy (non-hydrogen) atoms. The molecule has 5 rings (SSSR count). The van der Waals surface area contributed by atoms with Gasteiger partial charge < -0.3 is 0 Å². The van der Waals surface area contributed by atoms with E-state index in [1.54, 1.807) is 0 Å². The molecule has 0 aliphatic heterocycles. The summed E-state index contributed by atoms with van der Waals surface area (Å²) in [7, 11) is 0. The van der Waals surface area contributed by atoms with Crippen molar-refractivity contribution in [1.29, 1.82) is 0 Å². The second-order valence-electron chi connectivity index (χ2n) is 9.26. The second-order valence-corrected chi connectivity index (χ2v) is 18.7. The lowest BCUT2D eigenvalue weighted by atomic mass is 10.1. The highest BCUT2D eigenvalue weighted by atomic mass is 32.4. The van der Waals surface area contributed by atoms with Gasteiger partial charge >= 0.3 is 0 Å². The molecule has 0 radical (unpaired) electrons. The van der Waals surface area contributed by atoms with Gasteiger partial charge in [-0.2, -0.15) is 0 Å². The van der Waals surface area contributed by atoms with Gasteiger partial charge in [0.05, 0.1) is 0 Å². The van der Waals surface area contributed by atoms with Crippen molar-refractivity contribution >= 4 is 62.5 Å². The lowest BCUT2D eigenvalue weighted by molar-refractivity contribution is 1.54. The Morgan fingerprint density at radius 3 is 1.13 bits per heavy atom. The Bertz CT molecular complexity index is 1490. The van der Waals surface area contributed by atoms with E-state index in [9.17, 15) is 0 Å². The van der Waals surface area contributed by atoms with Gasteiger partial charge in [0.1, 0.15) is 0 Å². The molecule has 0 unspecified atom stereocenters. The van der Waals surface area contributed by atoms with E-state index in [1.807, 2.05) is 0 Å². The van der Waals surface area contributed by atoms with Crippen molar-refractivity contribution in [2.24, 2.45) is 0 Å². The summed E-state index contributed by atoms with van der Waals surface area (Å²) >= 11 is 13.2. The van der Waals surface area contributed by atoms with Crippen molar-refractivity contribution in [3.63, 3.8) is 0 Å². The Labute approximate surface area is 237 Å². The molecule has 5 aromatic carbocycles. The van der Waals surface area contributed by atoms with Crippen LogP contribution in [0.5, 0.6) is 0 Å². The van der Waals surface area contributed by atoms with Crippen LogP contribution in [-0.4, -0.2) is 12.3 Å². The summed E-state index contributed by atoms with van der Waals surface area (Å²) in [6.45, 7) is 0. The van der Waals surface area contributed by atoms with E-state index in [-0.39, 0.29) is 0 Å². The summed E-state index contributed by atoms with van der Waals surface area (Å²) in [4.78, 5) is 0. The average Bonchev–Trinajstić information content (AvgIpc) is 3.01. The number of hydrogen-bond donors (Lipinski definition) is 0. The molecule has 0 nitrogen and oxygen atoms in total. The van der Waals surface area contributed by atoms with Crippen molar-refractivity contribution < 1.29 is 0 Å². The highest BCUT2D eigenvalue weighted by molar-refractivity contribution is 8.22. The fourth-order valence-corrected chi connectivity index (χ4v) is 12.1. The maximum absolute atomic E-state index is 6.66. The highest BCUT2D eigenvalue weighted by Crippen LogP contribution is 2.49. The molecule has 0 amide bonds. The van der Waals surface area contributed by atoms with Crippen LogP contribution < -0.4 is 21.2 Å². The number of rotatable bonds is 9. The molecule has 5 aromatic rings. The van der Waals surface area contributed by atoms with Crippen LogP contribution in [0.15, 0.2) is 158 Å². The van der Waals surface area contributed by atoms with Crippen LogP contribution in [0.3, 0.4) is 0 Å². The Kier molecular flexibility index (Phi) is 8.68. The molecule has 0 saturated heterocycles. The van der Waals surface area contributed by atoms with E-state index in [2.05, 4.69) is 158 Å². The van der Waals surface area contributed by atoms with Gasteiger partial charge in [-0.3, -0.25) is 0 Å². The second kappa shape index (κ2) is 12.3. The fourth-order valence-electron chi connectivity index (χ4n) is 4.77. The fraction of sp³-hybridized carbons (Fsp3) is 0.0588. The van der Waals surface area contributed by atoms with E-state index >= 15 is 0 Å². The lowest BCUT2D eigenvalue weighted by Gasteiger charge is -2.27. The van der Waals surface area contributed by atoms with Gasteiger partial charge in [0.25, 0.3) is 0 Å². The minimum absolute atomic E-state index is 0.805. The third kappa shape index (κ3) is 5.90. The number of allylic oxidation sites excluding steroid dienone is 2. The van der Waals surface area contributed by atoms with Crippen LogP contribution >= 0.6 is 12.1 Å². The van der Waals surface area contributed by atoms with Crippen LogP contribution in [0.4, 0.5) is 0 Å². The van der Waals surface area contributed by atoms with E-state index in [0.717, 1.165) is 12.3 Å². The highest BCUT2D eigenvalue weighted by Gasteiger charge is 2.26. The van der Waals surface area contributed by atoms with Crippen LogP contribution in [0.2, 0.25) is 0 Å². The molecule has 0 saturated carbocycles. The molecule has 0 heterocycles. The molecule has 0 aliphatic carbocycles. The molecule has 0 fully saturated rings. The van der Waals surface area contributed by atoms with Gasteiger partial charge in [0.2, 0.25) is 0 Å². The predicted molar refractivity (Wildman–Crippen MR) is 177 cm³/mol. The smallest absolute Gasteiger partial charge is 0.0148 e. The Balaban J connectivity index is 1.63. The quantitative estimate of drug-likeness (QED) is 0.172. The molecule has 0 atom stereocenters. The minimum Gasteiger partial charge on any atom is -0.0873 e. The standard InChI is InChI=1S/C34H30P2S2/c37-35(31-18-8-2-9-19-31,32-20-10-3-11-21-32)27-26-30(29-16-6-1-7-17-29)28-36(38,33-22-12-4-13-23-33)34-24-14-5-15-25-34/h1-26H,27-28H2/b30-26+. The summed E-state index contributed by atoms with van der Waals surface area (Å²) in [5.41, 5.74) is 2.50. The molecule has 0 N–H and O–H groups in total. The van der Waals surface area contributed by atoms with E-state index < -0.39 is 12.1 Å². The molecular formula is C34H30P2S2. The van der Waals surface area contributed by atoms with Gasteiger partial charge in [-0.1, -0.05) is 181 Å². The van der Waals surface area contributed by atoms with Gasteiger partial charge in [0.15, 0.2) is 0 Å². The Morgan fingerprint density at radius 2 is 0.763 bits per heavy atom. The largest absolute Gasteiger partial charge is 0.0873 e. The molecule has 0 aliphatic rings. The molecular weight excluding hydrogens is 534 g/mol. The molecule has 188 valence electrons. The first-order valence-electron chi connectivity index (χ1n) is 12.7. The monoisotopic (exact) mass is 564 g/mol. The van der Waals surface area contributed by atoms with Gasteiger partial charge in [-0.05, 0) is 32.4 Å². The van der Waals surface area contributed by atoms with Crippen molar-refractivity contribution in [1.82, 2.24) is 0 Å². The molecule has 0 aromatic heterocycles. The average molecular weight is 565 g/mol. The summed E-state index contributed by atoms with van der Waals surface area (Å²) < 4.78 is 0. The summed E-state index contributed by atoms with van der Waals surface area (Å²) in [5, 5.41) is 4.98. The van der Waals surface area contributed by atoms with Gasteiger partial charge in [0, 0.05) is 24.4 Å². The van der Waals surface area contributed by atoms with E-state index in [0.29, 0.717) is 0 Å². The van der Waals surface area contributed by atoms with E-state index in [4.69, 9.17) is 23.6 Å². The van der Waals surface area contributed by atoms with Crippen LogP contribution in [0.1, 0.15) is 5.56 Å². The van der Waals surface area contributed by atoms with Crippen molar-refractivity contribution in [3.05, 3.63) is 163 Å². The first-order valence-corrected chi connectivity index (χ1v) is 18.7. The van der Waals surface area contributed by atoms with E-state index in [1.165, 1.54) is 32.4 Å². The SMILES string of the molecule is S=P(C/C=C(\CP(=S)(c1ccccc1)c1ccccc1)c1ccccc1)(c1ccccc1)c1ccccc1. The van der Waals surface area contributed by atoms with Crippen LogP contribution in [0.25, 0.3) is 5.57 Å². The maximum Gasteiger partial charge on any atom is 0.0148 e. The Morgan fingerprint density at radius 1 is 0.447 bits per heavy atom. The zero-order valence-corrected chi connectivity index (χ0v) is 24.6. The van der Waals surface area contributed by atoms with Crippen molar-refractivity contribution in [2.75, 3.05) is 12.3 Å². The van der Waals surface area contributed by atoms with Gasteiger partial charge in [-0.15, -0.1) is 0 Å². The zero-order valence-electron chi connectivity index (χ0n) is 21.1. The van der Waals surface area contributed by atoms with Crippen LogP contribution in [0, 0.1) is 0 Å². The zero-order chi connectivity index (χ0) is 26.3. The first kappa shape index (κ1) is 26.7.